The van der Waals surface area contributed by atoms with Crippen LogP contribution in [-0.2, 0) is 4.74 Å². The second-order valence-corrected chi connectivity index (χ2v) is 5.00. The van der Waals surface area contributed by atoms with Crippen LogP contribution in [0.1, 0.15) is 23.0 Å². The van der Waals surface area contributed by atoms with E-state index >= 15 is 0 Å². The minimum atomic E-state index is -0.622. The molecule has 0 radical (unpaired) electrons. The van der Waals surface area contributed by atoms with Gasteiger partial charge in [-0.3, -0.25) is 10.1 Å². The first-order valence-electron chi connectivity index (χ1n) is 7.53. The quantitative estimate of drug-likeness (QED) is 0.288. The Kier molecular flexibility index (Phi) is 4.83. The van der Waals surface area contributed by atoms with Gasteiger partial charge in [-0.1, -0.05) is 0 Å². The third-order valence-electron chi connectivity index (χ3n) is 3.32. The van der Waals surface area contributed by atoms with Crippen molar-refractivity contribution in [3.8, 4) is 11.3 Å². The first-order valence-corrected chi connectivity index (χ1v) is 7.53. The van der Waals surface area contributed by atoms with E-state index in [-0.39, 0.29) is 29.2 Å². The van der Waals surface area contributed by atoms with Gasteiger partial charge in [0.05, 0.1) is 28.9 Å². The molecule has 0 aliphatic heterocycles. The summed E-state index contributed by atoms with van der Waals surface area (Å²) in [5, 5.41) is 22.6. The summed E-state index contributed by atoms with van der Waals surface area (Å²) in [6.07, 6.45) is 4.23. The minimum absolute atomic E-state index is 0.100. The van der Waals surface area contributed by atoms with Crippen LogP contribution in [-0.4, -0.2) is 38.6 Å². The molecule has 0 amide bonds. The topological polar surface area (TPSA) is 126 Å². The van der Waals surface area contributed by atoms with Crippen LogP contribution in [0.3, 0.4) is 0 Å². The summed E-state index contributed by atoms with van der Waals surface area (Å²) < 4.78 is 11.8. The lowest BCUT2D eigenvalue weighted by Gasteiger charge is -2.04. The van der Waals surface area contributed by atoms with Crippen molar-refractivity contribution in [2.45, 2.75) is 6.92 Å². The average Bonchev–Trinajstić information content (AvgIpc) is 3.31. The number of nitrogens with zero attached hydrogens (tertiary/aromatic N) is 5. The Morgan fingerprint density at radius 3 is 2.81 bits per heavy atom. The van der Waals surface area contributed by atoms with Gasteiger partial charge in [0.15, 0.2) is 0 Å². The fraction of sp³-hybridized carbons (Fsp3) is 0.125. The molecule has 0 aliphatic rings. The molecule has 3 aromatic rings. The molecule has 26 heavy (non-hydrogen) atoms. The van der Waals surface area contributed by atoms with Gasteiger partial charge in [-0.2, -0.15) is 5.10 Å². The number of esters is 1. The number of aromatic nitrogens is 3. The van der Waals surface area contributed by atoms with Crippen LogP contribution in [0.5, 0.6) is 0 Å². The van der Waals surface area contributed by atoms with Crippen molar-refractivity contribution in [2.24, 2.45) is 5.10 Å². The van der Waals surface area contributed by atoms with E-state index in [1.54, 1.807) is 19.1 Å². The van der Waals surface area contributed by atoms with Crippen LogP contribution >= 0.6 is 0 Å². The molecular formula is C16H13N5O5. The molecule has 0 spiro atoms. The molecule has 0 unspecified atom stereocenters. The molecule has 0 fully saturated rings. The Hall–Kier alpha value is -3.82. The molecule has 3 rings (SSSR count). The van der Waals surface area contributed by atoms with Gasteiger partial charge in [0.25, 0.3) is 5.69 Å². The van der Waals surface area contributed by atoms with E-state index in [0.717, 1.165) is 0 Å². The van der Waals surface area contributed by atoms with Gasteiger partial charge in [-0.05, 0) is 31.2 Å². The van der Waals surface area contributed by atoms with Gasteiger partial charge in [0.2, 0.25) is 0 Å². The van der Waals surface area contributed by atoms with Crippen LogP contribution in [0.4, 0.5) is 5.69 Å². The van der Waals surface area contributed by atoms with Crippen LogP contribution in [0.2, 0.25) is 0 Å². The number of furan rings is 1. The molecule has 0 bridgehead atoms. The van der Waals surface area contributed by atoms with Gasteiger partial charge in [0.1, 0.15) is 24.2 Å². The lowest BCUT2D eigenvalue weighted by molar-refractivity contribution is -0.384. The number of ether oxygens (including phenoxy) is 1. The SMILES string of the molecule is CCOC(=O)c1ccc(-c2ccc(/C=N\n3cnnc3)o2)c([N+](=O)[O-])c1. The number of nitro benzene ring substituents is 1. The van der Waals surface area contributed by atoms with Gasteiger partial charge in [-0.25, -0.2) is 9.47 Å². The van der Waals surface area contributed by atoms with Crippen LogP contribution in [0, 0.1) is 10.1 Å². The van der Waals surface area contributed by atoms with Crippen molar-refractivity contribution in [3.63, 3.8) is 0 Å². The number of rotatable bonds is 6. The van der Waals surface area contributed by atoms with Crippen molar-refractivity contribution in [3.05, 3.63) is 64.4 Å². The van der Waals surface area contributed by atoms with E-state index in [1.165, 1.54) is 41.7 Å². The Morgan fingerprint density at radius 2 is 2.12 bits per heavy atom. The Bertz CT molecular complexity index is 961. The van der Waals surface area contributed by atoms with E-state index in [9.17, 15) is 14.9 Å². The molecule has 2 heterocycles. The summed E-state index contributed by atoms with van der Waals surface area (Å²) in [4.78, 5) is 22.6. The van der Waals surface area contributed by atoms with E-state index in [0.29, 0.717) is 5.76 Å². The highest BCUT2D eigenvalue weighted by Crippen LogP contribution is 2.32. The fourth-order valence-electron chi connectivity index (χ4n) is 2.18. The first-order chi connectivity index (χ1) is 12.6. The summed E-state index contributed by atoms with van der Waals surface area (Å²) in [5.41, 5.74) is 0.0856. The molecule has 0 saturated heterocycles. The molecule has 10 heteroatoms. The third kappa shape index (κ3) is 3.64. The predicted octanol–water partition coefficient (Wildman–Crippen LogP) is 2.51. The predicted molar refractivity (Wildman–Crippen MR) is 89.8 cm³/mol. The molecule has 0 aliphatic carbocycles. The van der Waals surface area contributed by atoms with E-state index < -0.39 is 10.9 Å². The standard InChI is InChI=1S/C16H13N5O5/c1-2-25-16(22)11-3-5-13(14(7-11)21(23)24)15-6-4-12(26-15)8-19-20-9-17-18-10-20/h3-10H,2H2,1H3/b19-8-. The molecular weight excluding hydrogens is 342 g/mol. The molecule has 2 aromatic heterocycles. The maximum Gasteiger partial charge on any atom is 0.338 e. The van der Waals surface area contributed by atoms with E-state index in [4.69, 9.17) is 9.15 Å². The van der Waals surface area contributed by atoms with Crippen molar-refractivity contribution in [1.82, 2.24) is 14.9 Å². The zero-order valence-corrected chi connectivity index (χ0v) is 13.6. The highest BCUT2D eigenvalue weighted by molar-refractivity contribution is 5.91. The van der Waals surface area contributed by atoms with Gasteiger partial charge < -0.3 is 9.15 Å². The number of carbonyl (C=O) groups excluding carboxylic acids is 1. The first kappa shape index (κ1) is 17.0. The van der Waals surface area contributed by atoms with Gasteiger partial charge in [-0.15, -0.1) is 10.2 Å². The summed E-state index contributed by atoms with van der Waals surface area (Å²) in [7, 11) is 0. The summed E-state index contributed by atoms with van der Waals surface area (Å²) in [6, 6.07) is 7.27. The smallest absolute Gasteiger partial charge is 0.338 e. The average molecular weight is 355 g/mol. The van der Waals surface area contributed by atoms with Crippen molar-refractivity contribution < 1.29 is 18.9 Å². The second-order valence-electron chi connectivity index (χ2n) is 5.00. The largest absolute Gasteiger partial charge is 0.462 e. The fourth-order valence-corrected chi connectivity index (χ4v) is 2.18. The Balaban J connectivity index is 1.91. The maximum absolute atomic E-state index is 11.8. The Labute approximate surface area is 146 Å². The zero-order valence-electron chi connectivity index (χ0n) is 13.6. The van der Waals surface area contributed by atoms with Gasteiger partial charge >= 0.3 is 5.97 Å². The summed E-state index contributed by atoms with van der Waals surface area (Å²) in [5.74, 6) is 0.0399. The number of hydrogen-bond acceptors (Lipinski definition) is 8. The number of benzene rings is 1. The monoisotopic (exact) mass is 355 g/mol. The molecule has 0 atom stereocenters. The number of carbonyl (C=O) groups is 1. The highest BCUT2D eigenvalue weighted by Gasteiger charge is 2.21. The molecule has 1 aromatic carbocycles. The zero-order chi connectivity index (χ0) is 18.5. The maximum atomic E-state index is 11.8. The van der Waals surface area contributed by atoms with Crippen molar-refractivity contribution in [2.75, 3.05) is 6.61 Å². The third-order valence-corrected chi connectivity index (χ3v) is 3.32. The highest BCUT2D eigenvalue weighted by atomic mass is 16.6. The number of hydrogen-bond donors (Lipinski definition) is 0. The molecule has 0 N–H and O–H groups in total. The van der Waals surface area contributed by atoms with Crippen LogP contribution in [0.25, 0.3) is 11.3 Å². The van der Waals surface area contributed by atoms with Crippen molar-refractivity contribution in [1.29, 1.82) is 0 Å². The van der Waals surface area contributed by atoms with Crippen LogP contribution in [0.15, 0.2) is 52.5 Å². The summed E-state index contributed by atoms with van der Waals surface area (Å²) in [6.45, 7) is 1.84. The molecule has 132 valence electrons. The molecule has 10 nitrogen and oxygen atoms in total. The molecule has 0 saturated carbocycles. The normalized spacial score (nSPS) is 11.0. The summed E-state index contributed by atoms with van der Waals surface area (Å²) >= 11 is 0. The van der Waals surface area contributed by atoms with Crippen molar-refractivity contribution >= 4 is 17.9 Å². The second kappa shape index (κ2) is 7.38. The van der Waals surface area contributed by atoms with Gasteiger partial charge in [0, 0.05) is 6.07 Å². The van der Waals surface area contributed by atoms with E-state index in [1.807, 2.05) is 0 Å². The number of nitro groups is 1. The van der Waals surface area contributed by atoms with Crippen LogP contribution < -0.4 is 0 Å². The minimum Gasteiger partial charge on any atom is -0.462 e. The van der Waals surface area contributed by atoms with E-state index in [2.05, 4.69) is 15.3 Å². The lowest BCUT2D eigenvalue weighted by atomic mass is 10.1. The lowest BCUT2D eigenvalue weighted by Crippen LogP contribution is -2.05. The Morgan fingerprint density at radius 1 is 1.35 bits per heavy atom.